The molecule has 0 bridgehead atoms. The molecule has 22 heavy (non-hydrogen) atoms. The van der Waals surface area contributed by atoms with Crippen LogP contribution in [0, 0.1) is 13.8 Å². The maximum atomic E-state index is 12.3. The fraction of sp³-hybridized carbons (Fsp3) is 0.188. The molecule has 0 fully saturated rings. The summed E-state index contributed by atoms with van der Waals surface area (Å²) in [6.07, 6.45) is 1.59. The number of carbonyl (C=O) groups is 1. The van der Waals surface area contributed by atoms with E-state index in [2.05, 4.69) is 20.5 Å². The van der Waals surface area contributed by atoms with Crippen molar-refractivity contribution in [3.63, 3.8) is 0 Å². The molecule has 1 amide bonds. The highest BCUT2D eigenvalue weighted by molar-refractivity contribution is 6.05. The number of nitrogens with zero attached hydrogens (tertiary/aromatic N) is 2. The number of anilines is 1. The van der Waals surface area contributed by atoms with Crippen LogP contribution in [0.25, 0.3) is 11.0 Å². The highest BCUT2D eigenvalue weighted by Gasteiger charge is 2.10. The summed E-state index contributed by atoms with van der Waals surface area (Å²) in [6.45, 7) is 3.84. The summed E-state index contributed by atoms with van der Waals surface area (Å²) in [4.78, 5) is 16.5. The Hall–Kier alpha value is -2.89. The van der Waals surface area contributed by atoms with Gasteiger partial charge in [-0.25, -0.2) is 4.98 Å². The number of rotatable bonds is 3. The van der Waals surface area contributed by atoms with Gasteiger partial charge in [0.25, 0.3) is 5.91 Å². The van der Waals surface area contributed by atoms with Crippen molar-refractivity contribution in [1.29, 1.82) is 0 Å². The molecule has 0 saturated carbocycles. The van der Waals surface area contributed by atoms with Gasteiger partial charge < -0.3 is 10.1 Å². The average molecular weight is 296 g/mol. The van der Waals surface area contributed by atoms with Crippen molar-refractivity contribution in [2.24, 2.45) is 0 Å². The summed E-state index contributed by atoms with van der Waals surface area (Å²) >= 11 is 0. The van der Waals surface area contributed by atoms with Crippen LogP contribution in [-0.2, 0) is 0 Å². The van der Waals surface area contributed by atoms with Crippen molar-refractivity contribution in [1.82, 2.24) is 15.2 Å². The fourth-order valence-corrected chi connectivity index (χ4v) is 2.25. The first-order valence-corrected chi connectivity index (χ1v) is 6.85. The molecule has 6 nitrogen and oxygen atoms in total. The molecule has 1 aromatic carbocycles. The van der Waals surface area contributed by atoms with Crippen LogP contribution in [0.1, 0.15) is 21.6 Å². The van der Waals surface area contributed by atoms with Crippen LogP contribution in [0.3, 0.4) is 0 Å². The van der Waals surface area contributed by atoms with Crippen LogP contribution in [0.2, 0.25) is 0 Å². The summed E-state index contributed by atoms with van der Waals surface area (Å²) in [5.74, 6) is 0.479. The lowest BCUT2D eigenvalue weighted by molar-refractivity contribution is 0.102. The smallest absolute Gasteiger partial charge is 0.255 e. The molecule has 0 unspecified atom stereocenters. The molecular weight excluding hydrogens is 280 g/mol. The third kappa shape index (κ3) is 2.50. The normalized spacial score (nSPS) is 10.7. The third-order valence-electron chi connectivity index (χ3n) is 3.53. The van der Waals surface area contributed by atoms with Crippen LogP contribution in [0.4, 0.5) is 5.69 Å². The second kappa shape index (κ2) is 5.48. The Balaban J connectivity index is 1.87. The number of aryl methyl sites for hydroxylation is 2. The topological polar surface area (TPSA) is 79.9 Å². The first-order valence-electron chi connectivity index (χ1n) is 6.85. The Morgan fingerprint density at radius 1 is 1.27 bits per heavy atom. The molecule has 0 radical (unpaired) electrons. The van der Waals surface area contributed by atoms with E-state index in [4.69, 9.17) is 4.74 Å². The van der Waals surface area contributed by atoms with E-state index in [1.807, 2.05) is 26.0 Å². The number of fused-ring (bicyclic) bond motifs is 1. The van der Waals surface area contributed by atoms with Gasteiger partial charge >= 0.3 is 0 Å². The van der Waals surface area contributed by atoms with Gasteiger partial charge in [0.1, 0.15) is 5.75 Å². The lowest BCUT2D eigenvalue weighted by atomic mass is 10.1. The number of hydrogen-bond donors (Lipinski definition) is 2. The molecule has 6 heteroatoms. The lowest BCUT2D eigenvalue weighted by Crippen LogP contribution is -2.12. The Morgan fingerprint density at radius 2 is 2.09 bits per heavy atom. The molecule has 0 aliphatic rings. The predicted octanol–water partition coefficient (Wildman–Crippen LogP) is 2.84. The van der Waals surface area contributed by atoms with Gasteiger partial charge in [-0.3, -0.25) is 9.89 Å². The van der Waals surface area contributed by atoms with E-state index in [0.717, 1.165) is 16.6 Å². The van der Waals surface area contributed by atoms with Crippen LogP contribution in [0.15, 0.2) is 30.5 Å². The van der Waals surface area contributed by atoms with Crippen LogP contribution >= 0.6 is 0 Å². The molecule has 3 rings (SSSR count). The molecule has 0 aliphatic carbocycles. The number of aromatic nitrogens is 3. The molecule has 2 heterocycles. The molecule has 0 saturated heterocycles. The maximum absolute atomic E-state index is 12.3. The second-order valence-electron chi connectivity index (χ2n) is 5.08. The molecule has 0 spiro atoms. The molecular formula is C16H16N4O2. The van der Waals surface area contributed by atoms with E-state index >= 15 is 0 Å². The number of pyridine rings is 1. The summed E-state index contributed by atoms with van der Waals surface area (Å²) in [5.41, 5.74) is 3.69. The van der Waals surface area contributed by atoms with E-state index in [1.165, 1.54) is 0 Å². The summed E-state index contributed by atoms with van der Waals surface area (Å²) in [6, 6.07) is 7.20. The number of benzene rings is 1. The predicted molar refractivity (Wildman–Crippen MR) is 84.3 cm³/mol. The quantitative estimate of drug-likeness (QED) is 0.779. The molecule has 2 aromatic heterocycles. The molecule has 2 N–H and O–H groups in total. The van der Waals surface area contributed by atoms with Crippen molar-refractivity contribution >= 4 is 22.6 Å². The second-order valence-corrected chi connectivity index (χ2v) is 5.08. The van der Waals surface area contributed by atoms with Gasteiger partial charge in [0.2, 0.25) is 0 Å². The first-order chi connectivity index (χ1) is 10.6. The van der Waals surface area contributed by atoms with Gasteiger partial charge in [0.15, 0.2) is 5.65 Å². The van der Waals surface area contributed by atoms with Crippen molar-refractivity contribution in [3.05, 3.63) is 47.3 Å². The van der Waals surface area contributed by atoms with E-state index in [-0.39, 0.29) is 5.91 Å². The number of H-pyrrole nitrogens is 1. The first kappa shape index (κ1) is 14.1. The van der Waals surface area contributed by atoms with E-state index in [1.54, 1.807) is 25.4 Å². The zero-order chi connectivity index (χ0) is 15.7. The Bertz CT molecular complexity index is 854. The monoisotopic (exact) mass is 296 g/mol. The zero-order valence-electron chi connectivity index (χ0n) is 12.6. The highest BCUT2D eigenvalue weighted by atomic mass is 16.5. The van der Waals surface area contributed by atoms with Crippen LogP contribution in [0.5, 0.6) is 5.75 Å². The number of nitrogens with one attached hydrogen (secondary N) is 2. The minimum atomic E-state index is -0.208. The summed E-state index contributed by atoms with van der Waals surface area (Å²) in [5, 5.41) is 10.7. The maximum Gasteiger partial charge on any atom is 0.255 e. The van der Waals surface area contributed by atoms with Crippen molar-refractivity contribution < 1.29 is 9.53 Å². The van der Waals surface area contributed by atoms with Gasteiger partial charge in [-0.05, 0) is 37.6 Å². The number of hydrogen-bond acceptors (Lipinski definition) is 4. The number of aromatic amines is 1. The van der Waals surface area contributed by atoms with Gasteiger partial charge in [-0.2, -0.15) is 5.10 Å². The SMILES string of the molecule is COc1cc(C(=O)Nc2cnc3n[nH]c(C)c3c2)ccc1C. The Kier molecular flexibility index (Phi) is 3.50. The van der Waals surface area contributed by atoms with Gasteiger partial charge in [-0.1, -0.05) is 6.07 Å². The van der Waals surface area contributed by atoms with Gasteiger partial charge in [0.05, 0.1) is 19.0 Å². The minimum Gasteiger partial charge on any atom is -0.496 e. The summed E-state index contributed by atoms with van der Waals surface area (Å²) in [7, 11) is 1.59. The molecule has 0 aliphatic heterocycles. The zero-order valence-corrected chi connectivity index (χ0v) is 12.6. The van der Waals surface area contributed by atoms with Crippen molar-refractivity contribution in [2.45, 2.75) is 13.8 Å². The van der Waals surface area contributed by atoms with Gasteiger partial charge in [-0.15, -0.1) is 0 Å². The number of ether oxygens (including phenoxy) is 1. The van der Waals surface area contributed by atoms with Crippen LogP contribution in [-0.4, -0.2) is 28.2 Å². The van der Waals surface area contributed by atoms with Crippen molar-refractivity contribution in [2.75, 3.05) is 12.4 Å². The Labute approximate surface area is 127 Å². The average Bonchev–Trinajstić information content (AvgIpc) is 2.89. The molecule has 0 atom stereocenters. The molecule has 3 aromatic rings. The molecule has 112 valence electrons. The van der Waals surface area contributed by atoms with Crippen molar-refractivity contribution in [3.8, 4) is 5.75 Å². The standard InChI is InChI=1S/C16H16N4O2/c1-9-4-5-11(6-14(9)22-3)16(21)18-12-7-13-10(2)19-20-15(13)17-8-12/h4-8H,1-3H3,(H,18,21)(H,17,19,20). The van der Waals surface area contributed by atoms with E-state index in [0.29, 0.717) is 22.6 Å². The minimum absolute atomic E-state index is 0.208. The fourth-order valence-electron chi connectivity index (χ4n) is 2.25. The van der Waals surface area contributed by atoms with Gasteiger partial charge in [0, 0.05) is 16.6 Å². The highest BCUT2D eigenvalue weighted by Crippen LogP contribution is 2.21. The van der Waals surface area contributed by atoms with E-state index in [9.17, 15) is 4.79 Å². The third-order valence-corrected chi connectivity index (χ3v) is 3.53. The lowest BCUT2D eigenvalue weighted by Gasteiger charge is -2.08. The summed E-state index contributed by atoms with van der Waals surface area (Å²) < 4.78 is 5.24. The van der Waals surface area contributed by atoms with Crippen LogP contribution < -0.4 is 10.1 Å². The largest absolute Gasteiger partial charge is 0.496 e. The Morgan fingerprint density at radius 3 is 2.86 bits per heavy atom. The number of methoxy groups -OCH3 is 1. The number of amides is 1. The van der Waals surface area contributed by atoms with E-state index < -0.39 is 0 Å². The number of carbonyl (C=O) groups excluding carboxylic acids is 1.